The fourth-order valence-electron chi connectivity index (χ4n) is 4.22. The van der Waals surface area contributed by atoms with Crippen LogP contribution in [0.5, 0.6) is 0 Å². The van der Waals surface area contributed by atoms with Crippen LogP contribution in [0, 0.1) is 18.3 Å². The second-order valence-electron chi connectivity index (χ2n) is 8.15. The molecule has 166 valence electrons. The first-order chi connectivity index (χ1) is 14.9. The molecule has 3 rings (SSSR count). The first-order valence-corrected chi connectivity index (χ1v) is 12.3. The van der Waals surface area contributed by atoms with Crippen LogP contribution in [0.15, 0.2) is 9.70 Å². The van der Waals surface area contributed by atoms with Gasteiger partial charge in [-0.2, -0.15) is 5.26 Å². The lowest BCUT2D eigenvalue weighted by molar-refractivity contribution is -0.122. The third-order valence-corrected chi connectivity index (χ3v) is 7.39. The van der Waals surface area contributed by atoms with E-state index in [0.717, 1.165) is 63.0 Å². The Hall–Kier alpha value is -2.11. The van der Waals surface area contributed by atoms with E-state index >= 15 is 0 Å². The van der Waals surface area contributed by atoms with Crippen LogP contribution in [0.25, 0.3) is 6.08 Å². The third-order valence-electron chi connectivity index (χ3n) is 6.01. The quantitative estimate of drug-likeness (QED) is 0.344. The summed E-state index contributed by atoms with van der Waals surface area (Å²) >= 11 is 6.79. The maximum absolute atomic E-state index is 13.1. The minimum Gasteiger partial charge on any atom is -0.357 e. The highest BCUT2D eigenvalue weighted by molar-refractivity contribution is 8.26. The van der Waals surface area contributed by atoms with Crippen LogP contribution >= 0.6 is 24.0 Å². The normalized spacial score (nSPS) is 18.2. The highest BCUT2D eigenvalue weighted by atomic mass is 32.2. The standard InChI is InChI=1S/C23H30N4O2S2/c1-4-5-6-10-13-27-22(29)19(31-23(27)30)14-17-16(2)18(15-24)21(28)25(3)20(17)26-11-8-7-9-12-26/h14H,4-13H2,1-3H3/b19-14-. The molecule has 1 amide bonds. The van der Waals surface area contributed by atoms with Crippen molar-refractivity contribution in [1.82, 2.24) is 9.47 Å². The first-order valence-electron chi connectivity index (χ1n) is 11.0. The third kappa shape index (κ3) is 4.88. The average molecular weight is 459 g/mol. The van der Waals surface area contributed by atoms with E-state index in [1.807, 2.05) is 6.08 Å². The molecular weight excluding hydrogens is 428 g/mol. The Balaban J connectivity index is 2.02. The lowest BCUT2D eigenvalue weighted by atomic mass is 10.0. The van der Waals surface area contributed by atoms with Crippen molar-refractivity contribution >= 4 is 46.1 Å². The summed E-state index contributed by atoms with van der Waals surface area (Å²) in [4.78, 5) is 30.3. The van der Waals surface area contributed by atoms with E-state index in [1.165, 1.54) is 18.2 Å². The van der Waals surface area contributed by atoms with Gasteiger partial charge in [-0.1, -0.05) is 50.2 Å². The summed E-state index contributed by atoms with van der Waals surface area (Å²) in [7, 11) is 1.71. The number of rotatable bonds is 7. The Kier molecular flexibility index (Phi) is 7.95. The van der Waals surface area contributed by atoms with Gasteiger partial charge in [0.05, 0.1) is 4.91 Å². The zero-order valence-corrected chi connectivity index (χ0v) is 20.2. The molecule has 0 spiro atoms. The van der Waals surface area contributed by atoms with Gasteiger partial charge in [0, 0.05) is 32.2 Å². The molecule has 2 saturated heterocycles. The number of thiocarbonyl (C=S) groups is 1. The van der Waals surface area contributed by atoms with Crippen LogP contribution in [0.1, 0.15) is 68.6 Å². The van der Waals surface area contributed by atoms with E-state index in [9.17, 15) is 14.9 Å². The van der Waals surface area contributed by atoms with Gasteiger partial charge < -0.3 is 4.90 Å². The van der Waals surface area contributed by atoms with Crippen molar-refractivity contribution in [2.24, 2.45) is 7.05 Å². The summed E-state index contributed by atoms with van der Waals surface area (Å²) in [6, 6.07) is 2.06. The van der Waals surface area contributed by atoms with Crippen molar-refractivity contribution in [3.8, 4) is 6.07 Å². The number of thioether (sulfide) groups is 1. The molecule has 2 aliphatic rings. The maximum atomic E-state index is 13.1. The largest absolute Gasteiger partial charge is 0.357 e. The zero-order chi connectivity index (χ0) is 22.5. The molecule has 0 unspecified atom stereocenters. The van der Waals surface area contributed by atoms with E-state index in [1.54, 1.807) is 23.4 Å². The second kappa shape index (κ2) is 10.5. The molecule has 1 aromatic rings. The Labute approximate surface area is 193 Å². The van der Waals surface area contributed by atoms with E-state index < -0.39 is 0 Å². The molecule has 3 heterocycles. The van der Waals surface area contributed by atoms with E-state index in [4.69, 9.17) is 12.2 Å². The molecule has 31 heavy (non-hydrogen) atoms. The van der Waals surface area contributed by atoms with Gasteiger partial charge in [0.2, 0.25) is 0 Å². The van der Waals surface area contributed by atoms with Crippen LogP contribution < -0.4 is 10.5 Å². The van der Waals surface area contributed by atoms with Gasteiger partial charge >= 0.3 is 0 Å². The molecule has 0 aromatic carbocycles. The molecular formula is C23H30N4O2S2. The molecule has 8 heteroatoms. The lowest BCUT2D eigenvalue weighted by Gasteiger charge is -2.32. The van der Waals surface area contributed by atoms with Gasteiger partial charge in [0.15, 0.2) is 0 Å². The molecule has 0 radical (unpaired) electrons. The summed E-state index contributed by atoms with van der Waals surface area (Å²) < 4.78 is 2.14. The van der Waals surface area contributed by atoms with Crippen molar-refractivity contribution in [3.05, 3.63) is 31.9 Å². The van der Waals surface area contributed by atoms with E-state index in [2.05, 4.69) is 17.9 Å². The Bertz CT molecular complexity index is 1000. The SMILES string of the molecule is CCCCCCN1C(=O)/C(=C/c2c(C)c(C#N)c(=O)n(C)c2N2CCCCC2)SC1=S. The number of unbranched alkanes of at least 4 members (excludes halogenated alkanes) is 3. The Morgan fingerprint density at radius 2 is 1.87 bits per heavy atom. The number of pyridine rings is 1. The van der Waals surface area contributed by atoms with Crippen LogP contribution in [0.3, 0.4) is 0 Å². The van der Waals surface area contributed by atoms with Crippen LogP contribution in [-0.2, 0) is 11.8 Å². The Morgan fingerprint density at radius 3 is 2.52 bits per heavy atom. The maximum Gasteiger partial charge on any atom is 0.270 e. The number of piperidine rings is 1. The fraction of sp³-hybridized carbons (Fsp3) is 0.565. The number of amides is 1. The zero-order valence-electron chi connectivity index (χ0n) is 18.6. The minimum atomic E-state index is -0.291. The minimum absolute atomic E-state index is 0.0807. The van der Waals surface area contributed by atoms with Gasteiger partial charge in [-0.05, 0) is 44.2 Å². The topological polar surface area (TPSA) is 69.3 Å². The molecule has 0 aliphatic carbocycles. The van der Waals surface area contributed by atoms with Crippen LogP contribution in [-0.4, -0.2) is 39.3 Å². The number of nitrogens with zero attached hydrogens (tertiary/aromatic N) is 4. The number of hydrogen-bond donors (Lipinski definition) is 0. The smallest absolute Gasteiger partial charge is 0.270 e. The van der Waals surface area contributed by atoms with Gasteiger partial charge in [0.25, 0.3) is 11.5 Å². The molecule has 2 fully saturated rings. The molecule has 2 aliphatic heterocycles. The summed E-state index contributed by atoms with van der Waals surface area (Å²) in [5.41, 5.74) is 1.23. The predicted molar refractivity (Wildman–Crippen MR) is 131 cm³/mol. The number of hydrogen-bond acceptors (Lipinski definition) is 6. The number of carbonyl (C=O) groups is 1. The lowest BCUT2D eigenvalue weighted by Crippen LogP contribution is -2.36. The Morgan fingerprint density at radius 1 is 1.16 bits per heavy atom. The summed E-state index contributed by atoms with van der Waals surface area (Å²) in [6.07, 6.45) is 9.44. The van der Waals surface area contributed by atoms with Crippen molar-refractivity contribution in [1.29, 1.82) is 5.26 Å². The molecule has 0 bridgehead atoms. The highest BCUT2D eigenvalue weighted by Crippen LogP contribution is 2.36. The summed E-state index contributed by atoms with van der Waals surface area (Å²) in [6.45, 7) is 6.31. The number of aromatic nitrogens is 1. The van der Waals surface area contributed by atoms with Gasteiger partial charge in [0.1, 0.15) is 21.8 Å². The van der Waals surface area contributed by atoms with Crippen molar-refractivity contribution in [2.45, 2.75) is 58.8 Å². The number of nitriles is 1. The van der Waals surface area contributed by atoms with Crippen LogP contribution in [0.4, 0.5) is 5.82 Å². The summed E-state index contributed by atoms with van der Waals surface area (Å²) in [5.74, 6) is 0.706. The van der Waals surface area contributed by atoms with Crippen molar-refractivity contribution in [2.75, 3.05) is 24.5 Å². The highest BCUT2D eigenvalue weighted by Gasteiger charge is 2.32. The molecule has 1 aromatic heterocycles. The number of anilines is 1. The summed E-state index contributed by atoms with van der Waals surface area (Å²) in [5, 5.41) is 9.59. The fourth-order valence-corrected chi connectivity index (χ4v) is 5.51. The van der Waals surface area contributed by atoms with Crippen molar-refractivity contribution < 1.29 is 4.79 Å². The van der Waals surface area contributed by atoms with E-state index in [-0.39, 0.29) is 17.0 Å². The predicted octanol–water partition coefficient (Wildman–Crippen LogP) is 4.34. The van der Waals surface area contributed by atoms with Crippen LogP contribution in [0.2, 0.25) is 0 Å². The van der Waals surface area contributed by atoms with E-state index in [0.29, 0.717) is 21.3 Å². The van der Waals surface area contributed by atoms with Gasteiger partial charge in [-0.25, -0.2) is 0 Å². The first kappa shape index (κ1) is 23.6. The average Bonchev–Trinajstić information content (AvgIpc) is 3.03. The monoisotopic (exact) mass is 458 g/mol. The molecule has 0 saturated carbocycles. The molecule has 6 nitrogen and oxygen atoms in total. The van der Waals surface area contributed by atoms with Gasteiger partial charge in [-0.15, -0.1) is 0 Å². The van der Waals surface area contributed by atoms with Crippen molar-refractivity contribution in [3.63, 3.8) is 0 Å². The molecule has 0 N–H and O–H groups in total. The number of carbonyl (C=O) groups excluding carboxylic acids is 1. The molecule has 0 atom stereocenters. The second-order valence-corrected chi connectivity index (χ2v) is 9.83. The van der Waals surface area contributed by atoms with Gasteiger partial charge in [-0.3, -0.25) is 19.1 Å².